The van der Waals surface area contributed by atoms with Crippen molar-refractivity contribution >= 4 is 58.9 Å². The predicted octanol–water partition coefficient (Wildman–Crippen LogP) is 10.9. The summed E-state index contributed by atoms with van der Waals surface area (Å²) < 4.78 is 0. The summed E-state index contributed by atoms with van der Waals surface area (Å²) in [5.74, 6) is 0. The van der Waals surface area contributed by atoms with Crippen molar-refractivity contribution in [1.82, 2.24) is 19.9 Å². The number of nitrogens with one attached hydrogen (secondary N) is 2. The molecule has 6 heteroatoms. The van der Waals surface area contributed by atoms with Crippen molar-refractivity contribution in [2.24, 2.45) is 0 Å². The molecule has 0 aliphatic carbocycles. The van der Waals surface area contributed by atoms with Crippen molar-refractivity contribution < 1.29 is 9.59 Å². The fourth-order valence-corrected chi connectivity index (χ4v) is 7.23. The van der Waals surface area contributed by atoms with Crippen LogP contribution in [-0.4, -0.2) is 32.5 Å². The first-order valence-electron chi connectivity index (χ1n) is 17.1. The molecule has 8 bridgehead atoms. The molecule has 0 saturated carbocycles. The molecule has 5 heterocycles. The van der Waals surface area contributed by atoms with Crippen molar-refractivity contribution in [2.45, 2.75) is 0 Å². The van der Waals surface area contributed by atoms with Gasteiger partial charge in [0.25, 0.3) is 0 Å². The van der Waals surface area contributed by atoms with Gasteiger partial charge in [-0.3, -0.25) is 9.59 Å². The van der Waals surface area contributed by atoms with Crippen LogP contribution in [0.25, 0.3) is 90.9 Å². The van der Waals surface area contributed by atoms with Crippen LogP contribution >= 0.6 is 0 Å². The average Bonchev–Trinajstić information content (AvgIpc) is 4.03. The predicted molar refractivity (Wildman–Crippen MR) is 211 cm³/mol. The second-order valence-corrected chi connectivity index (χ2v) is 12.7. The lowest BCUT2D eigenvalue weighted by molar-refractivity contribution is 0.111. The highest BCUT2D eigenvalue weighted by molar-refractivity contribution is 6.06. The average molecular weight is 671 g/mol. The summed E-state index contributed by atoms with van der Waals surface area (Å²) in [6.07, 6.45) is 9.77. The summed E-state index contributed by atoms with van der Waals surface area (Å²) >= 11 is 0. The molecule has 246 valence electrons. The Labute approximate surface area is 299 Å². The Morgan fingerprint density at radius 2 is 0.673 bits per heavy atom. The maximum atomic E-state index is 12.9. The quantitative estimate of drug-likeness (QED) is 0.172. The van der Waals surface area contributed by atoms with Gasteiger partial charge in [-0.25, -0.2) is 9.97 Å². The second kappa shape index (κ2) is 12.9. The van der Waals surface area contributed by atoms with E-state index >= 15 is 0 Å². The molecular formula is C46H30N4O2. The number of carbonyl (C=O) groups is 2. The Kier molecular flexibility index (Phi) is 7.67. The lowest BCUT2D eigenvalue weighted by atomic mass is 10.0. The van der Waals surface area contributed by atoms with Crippen molar-refractivity contribution in [1.29, 1.82) is 0 Å². The lowest BCUT2D eigenvalue weighted by Crippen LogP contribution is -1.90. The largest absolute Gasteiger partial charge is 0.354 e. The number of H-pyrrole nitrogens is 2. The van der Waals surface area contributed by atoms with Crippen LogP contribution in [0, 0.1) is 0 Å². The van der Waals surface area contributed by atoms with Crippen LogP contribution in [0.4, 0.5) is 0 Å². The van der Waals surface area contributed by atoms with Gasteiger partial charge in [0.05, 0.1) is 33.8 Å². The van der Waals surface area contributed by atoms with Gasteiger partial charge in [-0.05, 0) is 58.7 Å². The smallest absolute Gasteiger partial charge is 0.152 e. The molecule has 2 aliphatic heterocycles. The minimum Gasteiger partial charge on any atom is -0.354 e. The van der Waals surface area contributed by atoms with E-state index in [-0.39, 0.29) is 0 Å². The SMILES string of the molecule is O=Cc1cc2[nH]c1c(-c1ccccc1)c1nc(c(-c3ccccc3)c3cc(C=O)c([nH]3)c(-c3ccccc3)c3nc(c2-c2ccccc2)C=C3)C=C1. The van der Waals surface area contributed by atoms with Gasteiger partial charge in [-0.15, -0.1) is 0 Å². The number of aldehydes is 2. The number of benzene rings is 4. The number of nitrogens with zero attached hydrogens (tertiary/aromatic N) is 2. The van der Waals surface area contributed by atoms with E-state index in [1.165, 1.54) is 0 Å². The topological polar surface area (TPSA) is 91.5 Å². The maximum Gasteiger partial charge on any atom is 0.152 e. The Morgan fingerprint density at radius 1 is 0.385 bits per heavy atom. The summed E-state index contributed by atoms with van der Waals surface area (Å²) in [5.41, 5.74) is 13.6. The fourth-order valence-electron chi connectivity index (χ4n) is 7.23. The van der Waals surface area contributed by atoms with E-state index in [2.05, 4.69) is 9.97 Å². The van der Waals surface area contributed by atoms with E-state index < -0.39 is 0 Å². The Bertz CT molecular complexity index is 2550. The van der Waals surface area contributed by atoms with Gasteiger partial charge < -0.3 is 9.97 Å². The zero-order valence-electron chi connectivity index (χ0n) is 27.9. The minimum atomic E-state index is 0.510. The van der Waals surface area contributed by atoms with E-state index in [0.717, 1.165) is 79.5 Å². The standard InChI is InChI=1S/C46H30N4O2/c51-27-33-25-39-41(29-13-5-1-6-14-29)35-21-23-37(47-35)43(31-17-9-3-10-18-31)46-34(28-52)26-40(50-46)42(30-15-7-2-8-16-30)36-22-24-38(48-36)44(45(33)49-39)32-19-11-4-12-20-32/h1-28,49-50H. The number of carbonyl (C=O) groups excluding carboxylic acids is 2. The van der Waals surface area contributed by atoms with Gasteiger partial charge in [0.15, 0.2) is 12.6 Å². The molecule has 6 nitrogen and oxygen atoms in total. The van der Waals surface area contributed by atoms with Crippen LogP contribution in [0.1, 0.15) is 43.5 Å². The second-order valence-electron chi connectivity index (χ2n) is 12.7. The third-order valence-corrected chi connectivity index (χ3v) is 9.54. The van der Waals surface area contributed by atoms with Crippen LogP contribution < -0.4 is 0 Å². The molecule has 0 spiro atoms. The molecule has 4 aromatic carbocycles. The first kappa shape index (κ1) is 30.8. The fraction of sp³-hybridized carbons (Fsp3) is 0. The first-order chi connectivity index (χ1) is 25.7. The normalized spacial score (nSPS) is 11.8. The van der Waals surface area contributed by atoms with Gasteiger partial charge in [0, 0.05) is 44.4 Å². The molecule has 0 saturated heterocycles. The van der Waals surface area contributed by atoms with Gasteiger partial charge in [0.2, 0.25) is 0 Å². The number of aromatic nitrogens is 4. The zero-order valence-corrected chi connectivity index (χ0v) is 27.9. The maximum absolute atomic E-state index is 12.9. The number of aromatic amines is 2. The molecule has 0 atom stereocenters. The lowest BCUT2D eigenvalue weighted by Gasteiger charge is -2.07. The zero-order chi connectivity index (χ0) is 35.0. The molecule has 2 N–H and O–H groups in total. The molecule has 0 amide bonds. The Hall–Kier alpha value is -7.18. The number of fused-ring (bicyclic) bond motifs is 8. The van der Waals surface area contributed by atoms with Crippen molar-refractivity contribution in [3.8, 4) is 44.5 Å². The van der Waals surface area contributed by atoms with Crippen LogP contribution in [0.5, 0.6) is 0 Å². The molecule has 2 aliphatic rings. The van der Waals surface area contributed by atoms with Gasteiger partial charge >= 0.3 is 0 Å². The summed E-state index contributed by atoms with van der Waals surface area (Å²) in [6.45, 7) is 0. The number of rotatable bonds is 6. The molecule has 0 fully saturated rings. The van der Waals surface area contributed by atoms with Crippen molar-refractivity contribution in [2.75, 3.05) is 0 Å². The third-order valence-electron chi connectivity index (χ3n) is 9.54. The van der Waals surface area contributed by atoms with E-state index in [4.69, 9.17) is 9.97 Å². The van der Waals surface area contributed by atoms with E-state index in [9.17, 15) is 9.59 Å². The summed E-state index contributed by atoms with van der Waals surface area (Å²) in [5, 5.41) is 0. The molecular weight excluding hydrogens is 641 g/mol. The van der Waals surface area contributed by atoms with E-state index in [0.29, 0.717) is 33.5 Å². The van der Waals surface area contributed by atoms with Crippen LogP contribution in [0.3, 0.4) is 0 Å². The van der Waals surface area contributed by atoms with Crippen molar-refractivity contribution in [3.05, 3.63) is 167 Å². The van der Waals surface area contributed by atoms with Crippen molar-refractivity contribution in [3.63, 3.8) is 0 Å². The van der Waals surface area contributed by atoms with Gasteiger partial charge in [-0.1, -0.05) is 121 Å². The first-order valence-corrected chi connectivity index (χ1v) is 17.1. The summed E-state index contributed by atoms with van der Waals surface area (Å²) in [4.78, 5) is 43.7. The Balaban J connectivity index is 1.55. The molecule has 7 aromatic rings. The molecule has 52 heavy (non-hydrogen) atoms. The number of hydrogen-bond acceptors (Lipinski definition) is 4. The van der Waals surface area contributed by atoms with Gasteiger partial charge in [0.1, 0.15) is 0 Å². The molecule has 9 rings (SSSR count). The van der Waals surface area contributed by atoms with E-state index in [1.807, 2.05) is 158 Å². The highest BCUT2D eigenvalue weighted by Gasteiger charge is 2.21. The third kappa shape index (κ3) is 5.30. The number of hydrogen-bond donors (Lipinski definition) is 2. The molecule has 0 unspecified atom stereocenters. The highest BCUT2D eigenvalue weighted by Crippen LogP contribution is 2.39. The van der Waals surface area contributed by atoms with E-state index in [1.54, 1.807) is 0 Å². The highest BCUT2D eigenvalue weighted by atomic mass is 16.1. The minimum absolute atomic E-state index is 0.510. The van der Waals surface area contributed by atoms with Gasteiger partial charge in [-0.2, -0.15) is 0 Å². The summed E-state index contributed by atoms with van der Waals surface area (Å²) in [7, 11) is 0. The summed E-state index contributed by atoms with van der Waals surface area (Å²) in [6, 6.07) is 43.9. The van der Waals surface area contributed by atoms with Crippen LogP contribution in [-0.2, 0) is 0 Å². The van der Waals surface area contributed by atoms with Crippen LogP contribution in [0.2, 0.25) is 0 Å². The van der Waals surface area contributed by atoms with Crippen LogP contribution in [0.15, 0.2) is 133 Å². The molecule has 0 radical (unpaired) electrons. The Morgan fingerprint density at radius 3 is 0.981 bits per heavy atom. The molecule has 3 aromatic heterocycles. The monoisotopic (exact) mass is 670 g/mol.